The predicted octanol–water partition coefficient (Wildman–Crippen LogP) is 6.56. The Morgan fingerprint density at radius 3 is 2.41 bits per heavy atom. The lowest BCUT2D eigenvalue weighted by atomic mass is 10.0. The normalized spacial score (nSPS) is 11.5. The van der Waals surface area contributed by atoms with Gasteiger partial charge in [0.25, 0.3) is 11.5 Å². The van der Waals surface area contributed by atoms with Crippen LogP contribution in [0.25, 0.3) is 11.4 Å². The summed E-state index contributed by atoms with van der Waals surface area (Å²) in [5, 5.41) is 5.84. The number of halogens is 1. The molecule has 2 N–H and O–H groups in total. The van der Waals surface area contributed by atoms with E-state index in [1.54, 1.807) is 7.05 Å². The van der Waals surface area contributed by atoms with Crippen molar-refractivity contribution < 1.29 is 9.18 Å². The molecule has 1 amide bonds. The van der Waals surface area contributed by atoms with Crippen LogP contribution in [0.2, 0.25) is 0 Å². The van der Waals surface area contributed by atoms with Gasteiger partial charge in [-0.2, -0.15) is 0 Å². The zero-order valence-electron chi connectivity index (χ0n) is 24.6. The molecule has 0 saturated heterocycles. The molecular formula is C31H37FN6O2S. The van der Waals surface area contributed by atoms with Gasteiger partial charge < -0.3 is 15.2 Å². The largest absolute Gasteiger partial charge is 0.336 e. The summed E-state index contributed by atoms with van der Waals surface area (Å²) in [5.74, 6) is -0.386. The zero-order chi connectivity index (χ0) is 29.8. The van der Waals surface area contributed by atoms with Crippen molar-refractivity contribution in [1.29, 1.82) is 0 Å². The first kappa shape index (κ1) is 30.1. The summed E-state index contributed by atoms with van der Waals surface area (Å²) in [4.78, 5) is 38.6. The van der Waals surface area contributed by atoms with Gasteiger partial charge in [-0.15, -0.1) is 11.3 Å². The van der Waals surface area contributed by atoms with E-state index in [1.165, 1.54) is 39.1 Å². The van der Waals surface area contributed by atoms with Gasteiger partial charge in [0, 0.05) is 36.4 Å². The summed E-state index contributed by atoms with van der Waals surface area (Å²) in [6.07, 6.45) is 2.27. The highest BCUT2D eigenvalue weighted by atomic mass is 32.1. The number of nitrogens with zero attached hydrogens (tertiary/aromatic N) is 4. The second-order valence-corrected chi connectivity index (χ2v) is 11.8. The molecule has 41 heavy (non-hydrogen) atoms. The topological polar surface area (TPSA) is 92.2 Å². The highest BCUT2D eigenvalue weighted by molar-refractivity contribution is 7.14. The van der Waals surface area contributed by atoms with Crippen LogP contribution in [-0.2, 0) is 20.0 Å². The summed E-state index contributed by atoms with van der Waals surface area (Å²) in [6, 6.07) is 12.7. The number of carbonyl (C=O) groups is 1. The third-order valence-electron chi connectivity index (χ3n) is 6.94. The third-order valence-corrected chi connectivity index (χ3v) is 8.23. The van der Waals surface area contributed by atoms with Crippen molar-refractivity contribution in [3.63, 3.8) is 0 Å². The van der Waals surface area contributed by atoms with Gasteiger partial charge in [0.05, 0.1) is 4.88 Å². The molecule has 0 aliphatic rings. The number of amides is 1. The minimum atomic E-state index is -0.620. The molecule has 216 valence electrons. The van der Waals surface area contributed by atoms with Crippen LogP contribution in [0.1, 0.15) is 66.2 Å². The summed E-state index contributed by atoms with van der Waals surface area (Å²) < 4.78 is 16.3. The van der Waals surface area contributed by atoms with Crippen molar-refractivity contribution in [2.45, 2.75) is 59.5 Å². The summed E-state index contributed by atoms with van der Waals surface area (Å²) >= 11 is 1.46. The highest BCUT2D eigenvalue weighted by Gasteiger charge is 2.19. The molecule has 4 rings (SSSR count). The number of aryl methyl sites for hydroxylation is 2. The fourth-order valence-electron chi connectivity index (χ4n) is 4.29. The Hall–Kier alpha value is -3.89. The van der Waals surface area contributed by atoms with Crippen LogP contribution in [0.5, 0.6) is 0 Å². The second-order valence-electron chi connectivity index (χ2n) is 10.7. The van der Waals surface area contributed by atoms with E-state index in [0.29, 0.717) is 22.5 Å². The summed E-state index contributed by atoms with van der Waals surface area (Å²) in [7, 11) is 3.64. The molecule has 0 spiro atoms. The number of nitrogens with one attached hydrogen (secondary N) is 2. The van der Waals surface area contributed by atoms with Crippen LogP contribution in [0, 0.1) is 5.82 Å². The molecule has 1 aromatic carbocycles. The average molecular weight is 577 g/mol. The van der Waals surface area contributed by atoms with E-state index in [-0.39, 0.29) is 34.5 Å². The van der Waals surface area contributed by atoms with Crippen LogP contribution >= 0.6 is 11.3 Å². The molecule has 0 atom stereocenters. The number of anilines is 3. The molecule has 3 heterocycles. The van der Waals surface area contributed by atoms with E-state index in [2.05, 4.69) is 67.2 Å². The number of hydrogen-bond acceptors (Lipinski definition) is 7. The molecule has 0 bridgehead atoms. The van der Waals surface area contributed by atoms with Crippen LogP contribution in [0.4, 0.5) is 21.7 Å². The number of rotatable bonds is 10. The van der Waals surface area contributed by atoms with E-state index >= 15 is 0 Å². The maximum Gasteiger partial charge on any atom is 0.293 e. The molecule has 0 radical (unpaired) electrons. The van der Waals surface area contributed by atoms with Crippen LogP contribution in [-0.4, -0.2) is 38.4 Å². The van der Waals surface area contributed by atoms with Gasteiger partial charge in [-0.25, -0.2) is 14.4 Å². The monoisotopic (exact) mass is 576 g/mol. The predicted molar refractivity (Wildman–Crippen MR) is 165 cm³/mol. The molecule has 0 aliphatic carbocycles. The van der Waals surface area contributed by atoms with E-state index in [0.717, 1.165) is 24.1 Å². The molecular weight excluding hydrogens is 539 g/mol. The van der Waals surface area contributed by atoms with Crippen molar-refractivity contribution >= 4 is 34.6 Å². The Morgan fingerprint density at radius 2 is 1.80 bits per heavy atom. The van der Waals surface area contributed by atoms with Crippen LogP contribution in [0.15, 0.2) is 53.5 Å². The van der Waals surface area contributed by atoms with Crippen LogP contribution < -0.4 is 16.2 Å². The van der Waals surface area contributed by atoms with Gasteiger partial charge >= 0.3 is 0 Å². The van der Waals surface area contributed by atoms with Crippen molar-refractivity contribution in [2.24, 2.45) is 7.05 Å². The molecule has 0 fully saturated rings. The molecule has 10 heteroatoms. The van der Waals surface area contributed by atoms with E-state index in [9.17, 15) is 14.0 Å². The maximum absolute atomic E-state index is 15.0. The number of pyridine rings is 1. The van der Waals surface area contributed by atoms with Gasteiger partial charge in [-0.3, -0.25) is 14.5 Å². The Morgan fingerprint density at radius 1 is 1.10 bits per heavy atom. The van der Waals surface area contributed by atoms with Gasteiger partial charge in [0.2, 0.25) is 0 Å². The van der Waals surface area contributed by atoms with E-state index < -0.39 is 5.82 Å². The quantitative estimate of drug-likeness (QED) is 0.222. The minimum absolute atomic E-state index is 0.0413. The Balaban J connectivity index is 1.58. The number of thiophene rings is 1. The highest BCUT2D eigenvalue weighted by Crippen LogP contribution is 2.30. The fourth-order valence-corrected chi connectivity index (χ4v) is 5.44. The fraction of sp³-hybridized carbons (Fsp3) is 0.355. The Kier molecular flexibility index (Phi) is 9.35. The maximum atomic E-state index is 15.0. The number of aromatic nitrogens is 3. The van der Waals surface area contributed by atoms with Gasteiger partial charge in [-0.05, 0) is 74.7 Å². The molecule has 8 nitrogen and oxygen atoms in total. The molecule has 0 unspecified atom stereocenters. The number of hydrogen-bond donors (Lipinski definition) is 2. The summed E-state index contributed by atoms with van der Waals surface area (Å²) in [5.41, 5.74) is 2.69. The zero-order valence-corrected chi connectivity index (χ0v) is 25.4. The number of carbonyl (C=O) groups excluding carboxylic acids is 1. The number of benzene rings is 1. The van der Waals surface area contributed by atoms with Crippen molar-refractivity contribution in [3.8, 4) is 11.4 Å². The Bertz CT molecular complexity index is 1590. The SMILES string of the molecule is CCc1sc(C(=O)Nc2ccc(F)c(-c3cn(C)c(=O)c(Nc4ccc(CN(C)C(C)C)cc4)n3)n2)cc1C(C)C. The molecule has 4 aromatic rings. The Labute approximate surface area is 244 Å². The van der Waals surface area contributed by atoms with Crippen molar-refractivity contribution in [1.82, 2.24) is 19.4 Å². The van der Waals surface area contributed by atoms with Crippen molar-refractivity contribution in [2.75, 3.05) is 17.7 Å². The second kappa shape index (κ2) is 12.7. The van der Waals surface area contributed by atoms with Gasteiger partial charge in [0.15, 0.2) is 11.6 Å². The van der Waals surface area contributed by atoms with Crippen molar-refractivity contribution in [3.05, 3.63) is 85.7 Å². The van der Waals surface area contributed by atoms with E-state index in [1.807, 2.05) is 30.3 Å². The lowest BCUT2D eigenvalue weighted by molar-refractivity contribution is 0.103. The smallest absolute Gasteiger partial charge is 0.293 e. The van der Waals surface area contributed by atoms with Gasteiger partial charge in [0.1, 0.15) is 17.2 Å². The standard InChI is InChI=1S/C31H37FN6O2S/c1-8-25-22(18(2)3)15-26(41-25)30(39)36-27-14-13-23(32)28(35-27)24-17-38(7)31(40)29(34-24)33-21-11-9-20(10-12-21)16-37(6)19(4)5/h9-15,17-19H,8,16H2,1-7H3,(H,33,34)(H,35,36,39). The molecule has 0 saturated carbocycles. The first-order chi connectivity index (χ1) is 19.5. The summed E-state index contributed by atoms with van der Waals surface area (Å²) in [6.45, 7) is 11.3. The minimum Gasteiger partial charge on any atom is -0.336 e. The first-order valence-electron chi connectivity index (χ1n) is 13.7. The molecule has 0 aliphatic heterocycles. The van der Waals surface area contributed by atoms with Crippen LogP contribution in [0.3, 0.4) is 0 Å². The van der Waals surface area contributed by atoms with E-state index in [4.69, 9.17) is 0 Å². The molecule has 3 aromatic heterocycles. The third kappa shape index (κ3) is 7.07. The first-order valence-corrected chi connectivity index (χ1v) is 14.5. The van der Waals surface area contributed by atoms with Gasteiger partial charge in [-0.1, -0.05) is 32.9 Å². The lowest BCUT2D eigenvalue weighted by Crippen LogP contribution is -2.25. The lowest BCUT2D eigenvalue weighted by Gasteiger charge is -2.21. The average Bonchev–Trinajstić information content (AvgIpc) is 3.38.